The zero-order valence-corrected chi connectivity index (χ0v) is 19.4. The third kappa shape index (κ3) is 4.18. The van der Waals surface area contributed by atoms with Gasteiger partial charge in [0.15, 0.2) is 23.0 Å². The number of nitriles is 1. The normalized spacial score (nSPS) is 16.8. The maximum Gasteiger partial charge on any atom is 0.292 e. The number of rotatable bonds is 8. The zero-order chi connectivity index (χ0) is 24.3. The molecule has 2 aliphatic carbocycles. The van der Waals surface area contributed by atoms with Crippen molar-refractivity contribution in [3.8, 4) is 28.8 Å². The van der Waals surface area contributed by atoms with E-state index in [1.807, 2.05) is 0 Å². The van der Waals surface area contributed by atoms with Crippen LogP contribution in [0.4, 0.5) is 8.78 Å². The maximum absolute atomic E-state index is 14.2. The van der Waals surface area contributed by atoms with E-state index >= 15 is 0 Å². The van der Waals surface area contributed by atoms with Gasteiger partial charge in [0.25, 0.3) is 5.92 Å². The fraction of sp³-hybridized carbons (Fsp3) is 0.417. The predicted molar refractivity (Wildman–Crippen MR) is 120 cm³/mol. The molecule has 3 aromatic rings. The number of ketones is 1. The maximum atomic E-state index is 14.2. The minimum Gasteiger partial charge on any atom is -0.484 e. The zero-order valence-electron chi connectivity index (χ0n) is 18.7. The molecule has 0 bridgehead atoms. The van der Waals surface area contributed by atoms with Crippen LogP contribution in [0.1, 0.15) is 55.1 Å². The summed E-state index contributed by atoms with van der Waals surface area (Å²) in [4.78, 5) is 12.8. The van der Waals surface area contributed by atoms with E-state index in [1.165, 1.54) is 9.36 Å². The van der Waals surface area contributed by atoms with E-state index in [0.29, 0.717) is 40.4 Å². The Morgan fingerprint density at radius 1 is 1.35 bits per heavy atom. The number of hydrogen-bond acceptors (Lipinski definition) is 5. The Hall–Kier alpha value is -3.25. The quantitative estimate of drug-likeness (QED) is 0.396. The van der Waals surface area contributed by atoms with E-state index in [1.54, 1.807) is 37.6 Å². The molecular weight excluding hydrogens is 464 g/mol. The van der Waals surface area contributed by atoms with Gasteiger partial charge in [-0.05, 0) is 43.4 Å². The second kappa shape index (κ2) is 7.91. The topological polar surface area (TPSA) is 85.7 Å². The van der Waals surface area contributed by atoms with Crippen LogP contribution in [0, 0.1) is 16.7 Å². The average Bonchev–Trinajstić information content (AvgIpc) is 3.67. The van der Waals surface area contributed by atoms with Crippen LogP contribution in [0.3, 0.4) is 0 Å². The van der Waals surface area contributed by atoms with Crippen molar-refractivity contribution < 1.29 is 18.3 Å². The molecule has 0 unspecified atom stereocenters. The molecule has 7 nitrogen and oxygen atoms in total. The van der Waals surface area contributed by atoms with Gasteiger partial charge in [-0.15, -0.1) is 0 Å². The summed E-state index contributed by atoms with van der Waals surface area (Å²) >= 11 is 6.29. The van der Waals surface area contributed by atoms with Crippen LogP contribution in [0.2, 0.25) is 5.02 Å². The number of ether oxygens (including phenoxy) is 1. The van der Waals surface area contributed by atoms with Gasteiger partial charge in [-0.1, -0.05) is 17.7 Å². The first kappa shape index (κ1) is 22.5. The minimum absolute atomic E-state index is 0.0188. The number of Topliss-reactive ketones (excluding diaryl/α,β-unsaturated/α-hetero) is 1. The standard InChI is InChI=1S/C24H22ClF2N5O2/c1-23(26,27)21-20(34-16-4-5-16)22(31(2)30-21)32-12-15(11-29-32)14-3-6-18(25)17(9-14)19(33)10-24(13-28)7-8-24/h3,6,9,11-12,16H,4-5,7-8,10H2,1-2H3. The highest BCUT2D eigenvalue weighted by atomic mass is 35.5. The lowest BCUT2D eigenvalue weighted by molar-refractivity contribution is 0.00915. The number of carbonyl (C=O) groups excluding carboxylic acids is 1. The Balaban J connectivity index is 1.49. The van der Waals surface area contributed by atoms with Crippen molar-refractivity contribution in [2.24, 2.45) is 12.5 Å². The average molecular weight is 486 g/mol. The van der Waals surface area contributed by atoms with Crippen LogP contribution in [0.15, 0.2) is 30.6 Å². The number of aryl methyl sites for hydroxylation is 1. The fourth-order valence-electron chi connectivity index (χ4n) is 3.88. The van der Waals surface area contributed by atoms with Crippen LogP contribution in [-0.4, -0.2) is 31.4 Å². The fourth-order valence-corrected chi connectivity index (χ4v) is 4.11. The molecule has 34 heavy (non-hydrogen) atoms. The first-order valence-corrected chi connectivity index (χ1v) is 11.4. The van der Waals surface area contributed by atoms with Crippen LogP contribution >= 0.6 is 11.6 Å². The molecule has 0 amide bonds. The number of benzene rings is 1. The number of halogens is 3. The number of aromatic nitrogens is 4. The monoisotopic (exact) mass is 485 g/mol. The predicted octanol–water partition coefficient (Wildman–Crippen LogP) is 5.46. The molecule has 0 atom stereocenters. The highest BCUT2D eigenvalue weighted by Crippen LogP contribution is 2.49. The van der Waals surface area contributed by atoms with Gasteiger partial charge in [0.1, 0.15) is 0 Å². The summed E-state index contributed by atoms with van der Waals surface area (Å²) in [6.45, 7) is 0.789. The van der Waals surface area contributed by atoms with Crippen LogP contribution in [-0.2, 0) is 13.0 Å². The van der Waals surface area contributed by atoms with Crippen molar-refractivity contribution in [2.45, 2.75) is 51.1 Å². The van der Waals surface area contributed by atoms with Crippen molar-refractivity contribution in [2.75, 3.05) is 0 Å². The largest absolute Gasteiger partial charge is 0.484 e. The Bertz CT molecular complexity index is 1330. The molecule has 0 N–H and O–H groups in total. The molecule has 0 radical (unpaired) electrons. The van der Waals surface area contributed by atoms with Crippen LogP contribution < -0.4 is 4.74 Å². The van der Waals surface area contributed by atoms with Crippen molar-refractivity contribution >= 4 is 17.4 Å². The number of carbonyl (C=O) groups is 1. The van der Waals surface area contributed by atoms with Crippen molar-refractivity contribution in [1.29, 1.82) is 5.26 Å². The Labute approximate surface area is 199 Å². The molecule has 176 valence electrons. The lowest BCUT2D eigenvalue weighted by Gasteiger charge is -2.12. The van der Waals surface area contributed by atoms with E-state index in [0.717, 1.165) is 19.8 Å². The molecule has 2 fully saturated rings. The molecule has 5 rings (SSSR count). The summed E-state index contributed by atoms with van der Waals surface area (Å²) in [6.07, 6.45) is 6.33. The molecule has 2 aromatic heterocycles. The molecule has 0 aliphatic heterocycles. The summed E-state index contributed by atoms with van der Waals surface area (Å²) in [7, 11) is 1.56. The van der Waals surface area contributed by atoms with E-state index in [2.05, 4.69) is 16.3 Å². The van der Waals surface area contributed by atoms with Gasteiger partial charge < -0.3 is 4.74 Å². The number of alkyl halides is 2. The summed E-state index contributed by atoms with van der Waals surface area (Å²) in [5.41, 5.74) is 0.696. The van der Waals surface area contributed by atoms with Crippen molar-refractivity contribution in [3.05, 3.63) is 46.9 Å². The lowest BCUT2D eigenvalue weighted by atomic mass is 9.95. The van der Waals surface area contributed by atoms with Gasteiger partial charge in [-0.25, -0.2) is 9.36 Å². The number of hydrogen-bond donors (Lipinski definition) is 0. The van der Waals surface area contributed by atoms with Crippen molar-refractivity contribution in [1.82, 2.24) is 19.6 Å². The third-order valence-electron chi connectivity index (χ3n) is 6.19. The molecule has 2 aliphatic rings. The Morgan fingerprint density at radius 3 is 2.71 bits per heavy atom. The Morgan fingerprint density at radius 2 is 2.09 bits per heavy atom. The van der Waals surface area contributed by atoms with Gasteiger partial charge in [0, 0.05) is 37.7 Å². The van der Waals surface area contributed by atoms with Crippen molar-refractivity contribution in [3.63, 3.8) is 0 Å². The first-order valence-electron chi connectivity index (χ1n) is 11.0. The van der Waals surface area contributed by atoms with E-state index in [-0.39, 0.29) is 24.1 Å². The molecule has 1 aromatic carbocycles. The summed E-state index contributed by atoms with van der Waals surface area (Å²) < 4.78 is 37.0. The molecular formula is C24H22ClF2N5O2. The molecule has 2 heterocycles. The SMILES string of the molecule is Cn1nc(C(C)(F)F)c(OC2CC2)c1-n1cc(-c2ccc(Cl)c(C(=O)CC3(C#N)CC3)c2)cn1. The van der Waals surface area contributed by atoms with Crippen LogP contribution in [0.5, 0.6) is 5.75 Å². The number of nitrogens with zero attached hydrogens (tertiary/aromatic N) is 5. The highest BCUT2D eigenvalue weighted by Gasteiger charge is 2.45. The van der Waals surface area contributed by atoms with Crippen LogP contribution in [0.25, 0.3) is 16.9 Å². The summed E-state index contributed by atoms with van der Waals surface area (Å²) in [5, 5.41) is 18.0. The first-order chi connectivity index (χ1) is 16.1. The van der Waals surface area contributed by atoms with Gasteiger partial charge in [0.2, 0.25) is 0 Å². The van der Waals surface area contributed by atoms with Gasteiger partial charge in [-0.3, -0.25) is 4.79 Å². The second-order valence-corrected chi connectivity index (χ2v) is 9.60. The van der Waals surface area contributed by atoms with Gasteiger partial charge >= 0.3 is 0 Å². The smallest absolute Gasteiger partial charge is 0.292 e. The molecule has 0 spiro atoms. The summed E-state index contributed by atoms with van der Waals surface area (Å²) in [6, 6.07) is 7.30. The molecule has 10 heteroatoms. The Kier molecular flexibility index (Phi) is 5.24. The summed E-state index contributed by atoms with van der Waals surface area (Å²) in [5.74, 6) is -3.04. The molecule has 0 saturated heterocycles. The lowest BCUT2D eigenvalue weighted by Crippen LogP contribution is -2.11. The van der Waals surface area contributed by atoms with Gasteiger partial charge in [-0.2, -0.15) is 24.2 Å². The van der Waals surface area contributed by atoms with Gasteiger partial charge in [0.05, 0.1) is 28.8 Å². The highest BCUT2D eigenvalue weighted by molar-refractivity contribution is 6.34. The minimum atomic E-state index is -3.18. The van der Waals surface area contributed by atoms with E-state index in [9.17, 15) is 18.8 Å². The molecule has 2 saturated carbocycles. The second-order valence-electron chi connectivity index (χ2n) is 9.19. The van der Waals surface area contributed by atoms with E-state index < -0.39 is 17.0 Å². The third-order valence-corrected chi connectivity index (χ3v) is 6.52. The van der Waals surface area contributed by atoms with E-state index in [4.69, 9.17) is 16.3 Å².